The summed E-state index contributed by atoms with van der Waals surface area (Å²) in [7, 11) is -3.74. The second-order valence-electron chi connectivity index (χ2n) is 3.89. The first kappa shape index (κ1) is 13.6. The molecule has 0 unspecified atom stereocenters. The van der Waals surface area contributed by atoms with Gasteiger partial charge < -0.3 is 4.90 Å². The number of aromatic amines is 1. The summed E-state index contributed by atoms with van der Waals surface area (Å²) in [6.45, 7) is 3.28. The van der Waals surface area contributed by atoms with Crippen LogP contribution in [0.25, 0.3) is 0 Å². The van der Waals surface area contributed by atoms with E-state index in [0.29, 0.717) is 0 Å². The molecule has 1 saturated heterocycles. The smallest absolute Gasteiger partial charge is 0.282 e. The van der Waals surface area contributed by atoms with Gasteiger partial charge in [-0.15, -0.1) is 0 Å². The highest BCUT2D eigenvalue weighted by atomic mass is 32.2. The number of nitrogens with zero attached hydrogens (tertiary/aromatic N) is 4. The van der Waals surface area contributed by atoms with Gasteiger partial charge in [0.15, 0.2) is 5.83 Å². The first-order valence-electron chi connectivity index (χ1n) is 5.42. The molecule has 2 heterocycles. The molecular formula is C9H12FN5O3S. The lowest BCUT2D eigenvalue weighted by Crippen LogP contribution is -2.50. The number of carbonyl (C=O) groups is 1. The van der Waals surface area contributed by atoms with Crippen LogP contribution in [0.5, 0.6) is 0 Å². The number of carbonyl (C=O) groups excluding carboxylic acids is 1. The van der Waals surface area contributed by atoms with Gasteiger partial charge in [0.05, 0.1) is 0 Å². The predicted molar refractivity (Wildman–Crippen MR) is 62.0 cm³/mol. The molecule has 19 heavy (non-hydrogen) atoms. The van der Waals surface area contributed by atoms with Crippen LogP contribution in [0.3, 0.4) is 0 Å². The molecule has 1 fully saturated rings. The average molecular weight is 289 g/mol. The summed E-state index contributed by atoms with van der Waals surface area (Å²) in [5.74, 6) is -1.86. The number of H-pyrrole nitrogens is 1. The van der Waals surface area contributed by atoms with E-state index in [1.807, 2.05) is 0 Å². The second-order valence-corrected chi connectivity index (χ2v) is 5.75. The van der Waals surface area contributed by atoms with Gasteiger partial charge in [0.25, 0.3) is 21.1 Å². The van der Waals surface area contributed by atoms with Crippen LogP contribution in [0.1, 0.15) is 0 Å². The Kier molecular flexibility index (Phi) is 3.62. The summed E-state index contributed by atoms with van der Waals surface area (Å²) >= 11 is 0. The van der Waals surface area contributed by atoms with Crippen molar-refractivity contribution in [2.45, 2.75) is 5.16 Å². The SMILES string of the molecule is C=C(F)C(=O)N1CCN(S(=O)(=O)c2ncn[nH]2)CC1. The topological polar surface area (TPSA) is 99.3 Å². The van der Waals surface area contributed by atoms with E-state index in [0.717, 1.165) is 10.6 Å². The number of nitrogens with one attached hydrogen (secondary N) is 1. The third-order valence-electron chi connectivity index (χ3n) is 2.74. The van der Waals surface area contributed by atoms with Crippen molar-refractivity contribution in [2.75, 3.05) is 26.2 Å². The van der Waals surface area contributed by atoms with Gasteiger partial charge >= 0.3 is 0 Å². The van der Waals surface area contributed by atoms with E-state index < -0.39 is 21.8 Å². The van der Waals surface area contributed by atoms with Gasteiger partial charge in [-0.25, -0.2) is 22.9 Å². The molecule has 0 aromatic carbocycles. The van der Waals surface area contributed by atoms with E-state index >= 15 is 0 Å². The van der Waals surface area contributed by atoms with Crippen molar-refractivity contribution in [3.63, 3.8) is 0 Å². The van der Waals surface area contributed by atoms with Crippen molar-refractivity contribution in [2.24, 2.45) is 0 Å². The van der Waals surface area contributed by atoms with Gasteiger partial charge in [-0.2, -0.15) is 9.40 Å². The fourth-order valence-electron chi connectivity index (χ4n) is 1.74. The lowest BCUT2D eigenvalue weighted by Gasteiger charge is -2.32. The number of halogens is 1. The Balaban J connectivity index is 2.05. The Morgan fingerprint density at radius 1 is 1.37 bits per heavy atom. The molecule has 0 bridgehead atoms. The molecule has 0 saturated carbocycles. The van der Waals surface area contributed by atoms with Crippen molar-refractivity contribution < 1.29 is 17.6 Å². The highest BCUT2D eigenvalue weighted by molar-refractivity contribution is 7.88. The minimum atomic E-state index is -3.74. The lowest BCUT2D eigenvalue weighted by molar-refractivity contribution is -0.129. The maximum Gasteiger partial charge on any atom is 0.282 e. The zero-order valence-corrected chi connectivity index (χ0v) is 10.7. The zero-order valence-electron chi connectivity index (χ0n) is 9.91. The molecule has 1 aromatic rings. The van der Waals surface area contributed by atoms with Crippen LogP contribution in [0.4, 0.5) is 4.39 Å². The van der Waals surface area contributed by atoms with E-state index in [1.54, 1.807) is 0 Å². The number of aromatic nitrogens is 3. The quantitative estimate of drug-likeness (QED) is 0.729. The van der Waals surface area contributed by atoms with Crippen molar-refractivity contribution in [1.82, 2.24) is 24.4 Å². The van der Waals surface area contributed by atoms with Crippen molar-refractivity contribution in [3.8, 4) is 0 Å². The van der Waals surface area contributed by atoms with Gasteiger partial charge in [0, 0.05) is 26.2 Å². The van der Waals surface area contributed by atoms with E-state index in [4.69, 9.17) is 0 Å². The molecular weight excluding hydrogens is 277 g/mol. The molecule has 0 spiro atoms. The summed E-state index contributed by atoms with van der Waals surface area (Å²) in [5, 5.41) is 5.52. The number of sulfonamides is 1. The van der Waals surface area contributed by atoms with Crippen LogP contribution >= 0.6 is 0 Å². The molecule has 104 valence electrons. The number of piperazine rings is 1. The molecule has 1 aromatic heterocycles. The van der Waals surface area contributed by atoms with Crippen molar-refractivity contribution in [3.05, 3.63) is 18.7 Å². The van der Waals surface area contributed by atoms with Gasteiger partial charge in [-0.3, -0.25) is 4.79 Å². The Morgan fingerprint density at radius 2 is 2.00 bits per heavy atom. The number of hydrogen-bond acceptors (Lipinski definition) is 5. The fourth-order valence-corrected chi connectivity index (χ4v) is 2.98. The van der Waals surface area contributed by atoms with Crippen LogP contribution in [-0.2, 0) is 14.8 Å². The largest absolute Gasteiger partial charge is 0.334 e. The minimum absolute atomic E-state index is 0.0715. The zero-order chi connectivity index (χ0) is 14.0. The maximum absolute atomic E-state index is 12.7. The fraction of sp³-hybridized carbons (Fsp3) is 0.444. The van der Waals surface area contributed by atoms with Crippen LogP contribution in [0.15, 0.2) is 23.9 Å². The molecule has 0 aliphatic carbocycles. The maximum atomic E-state index is 12.7. The van der Waals surface area contributed by atoms with Gasteiger partial charge in [-0.1, -0.05) is 6.58 Å². The minimum Gasteiger partial charge on any atom is -0.334 e. The first-order valence-corrected chi connectivity index (χ1v) is 6.86. The molecule has 0 radical (unpaired) electrons. The lowest BCUT2D eigenvalue weighted by atomic mass is 10.3. The van der Waals surface area contributed by atoms with Gasteiger partial charge in [0.2, 0.25) is 0 Å². The summed E-state index contributed by atoms with van der Waals surface area (Å²) in [4.78, 5) is 16.1. The average Bonchev–Trinajstić information content (AvgIpc) is 2.92. The monoisotopic (exact) mass is 289 g/mol. The Morgan fingerprint density at radius 3 is 2.47 bits per heavy atom. The Hall–Kier alpha value is -1.81. The Bertz CT molecular complexity index is 577. The van der Waals surface area contributed by atoms with Crippen LogP contribution in [0.2, 0.25) is 0 Å². The molecule has 8 nitrogen and oxygen atoms in total. The first-order chi connectivity index (χ1) is 8.93. The molecule has 10 heteroatoms. The number of hydrogen-bond donors (Lipinski definition) is 1. The van der Waals surface area contributed by atoms with Crippen molar-refractivity contribution >= 4 is 15.9 Å². The molecule has 2 rings (SSSR count). The summed E-state index contributed by atoms with van der Waals surface area (Å²) < 4.78 is 38.0. The number of rotatable bonds is 3. The summed E-state index contributed by atoms with van der Waals surface area (Å²) in [5.41, 5.74) is 0. The molecule has 1 aliphatic heterocycles. The standard InChI is InChI=1S/C9H12FN5O3S/c1-7(10)8(16)14-2-4-15(5-3-14)19(17,18)9-11-6-12-13-9/h6H,1-5H2,(H,11,12,13). The Labute approximate surface area is 109 Å². The van der Waals surface area contributed by atoms with E-state index in [-0.39, 0.29) is 31.3 Å². The van der Waals surface area contributed by atoms with E-state index in [2.05, 4.69) is 21.8 Å². The van der Waals surface area contributed by atoms with Crippen molar-refractivity contribution in [1.29, 1.82) is 0 Å². The van der Waals surface area contributed by atoms with Crippen LogP contribution in [-0.4, -0.2) is 64.9 Å². The molecule has 1 amide bonds. The molecule has 0 atom stereocenters. The van der Waals surface area contributed by atoms with Gasteiger partial charge in [0.1, 0.15) is 6.33 Å². The van der Waals surface area contributed by atoms with E-state index in [9.17, 15) is 17.6 Å². The third kappa shape index (κ3) is 2.63. The number of amides is 1. The summed E-state index contributed by atoms with van der Waals surface area (Å²) in [6.07, 6.45) is 1.10. The van der Waals surface area contributed by atoms with Gasteiger partial charge in [-0.05, 0) is 0 Å². The summed E-state index contributed by atoms with van der Waals surface area (Å²) in [6, 6.07) is 0. The third-order valence-corrected chi connectivity index (χ3v) is 4.47. The second kappa shape index (κ2) is 5.05. The van der Waals surface area contributed by atoms with Crippen LogP contribution < -0.4 is 0 Å². The van der Waals surface area contributed by atoms with Crippen LogP contribution in [0, 0.1) is 0 Å². The highest BCUT2D eigenvalue weighted by Gasteiger charge is 2.32. The normalized spacial score (nSPS) is 17.4. The van der Waals surface area contributed by atoms with E-state index in [1.165, 1.54) is 4.90 Å². The molecule has 1 aliphatic rings. The highest BCUT2D eigenvalue weighted by Crippen LogP contribution is 2.14. The molecule has 1 N–H and O–H groups in total. The predicted octanol–water partition coefficient (Wildman–Crippen LogP) is -0.879.